The lowest BCUT2D eigenvalue weighted by Crippen LogP contribution is -2.48. The Bertz CT molecular complexity index is 64.3. The lowest BCUT2D eigenvalue weighted by molar-refractivity contribution is 0.0496. The van der Waals surface area contributed by atoms with Crippen molar-refractivity contribution in [2.45, 2.75) is 12.1 Å². The number of nitrogens with two attached hydrogens (primary N) is 3. The highest BCUT2D eigenvalue weighted by molar-refractivity contribution is 4.70. The van der Waals surface area contributed by atoms with Crippen LogP contribution in [-0.2, 0) is 0 Å². The van der Waals surface area contributed by atoms with Gasteiger partial charge in [0.05, 0.1) is 0 Å². The lowest BCUT2D eigenvalue weighted by atomic mass is 10.2. The maximum atomic E-state index is 8.90. The fourth-order valence-electron chi connectivity index (χ4n) is 0.352. The molecule has 0 aliphatic heterocycles. The van der Waals surface area contributed by atoms with Gasteiger partial charge in [-0.2, -0.15) is 0 Å². The molecule has 0 amide bonds. The summed E-state index contributed by atoms with van der Waals surface area (Å²) in [7, 11) is 0. The maximum Gasteiger partial charge on any atom is 0.127 e. The van der Waals surface area contributed by atoms with Crippen molar-refractivity contribution in [3.63, 3.8) is 0 Å². The second-order valence-electron chi connectivity index (χ2n) is 1.85. The van der Waals surface area contributed by atoms with Gasteiger partial charge in [0, 0.05) is 13.0 Å². The normalized spacial score (nSPS) is 18.0. The zero-order valence-corrected chi connectivity index (χ0v) is 4.80. The van der Waals surface area contributed by atoms with E-state index in [1.54, 1.807) is 0 Å². The molecule has 7 N–H and O–H groups in total. The summed E-state index contributed by atoms with van der Waals surface area (Å²) < 4.78 is 0. The summed E-state index contributed by atoms with van der Waals surface area (Å²) in [5.74, 6) is 0. The van der Waals surface area contributed by atoms with Crippen LogP contribution in [0.5, 0.6) is 0 Å². The SMILES string of the molecule is NCCC(N)(O)CN. The van der Waals surface area contributed by atoms with Crippen molar-refractivity contribution in [3.8, 4) is 0 Å². The van der Waals surface area contributed by atoms with Gasteiger partial charge in [-0.3, -0.25) is 0 Å². The number of hydrogen-bond donors (Lipinski definition) is 4. The Labute approximate surface area is 48.6 Å². The molecule has 0 spiro atoms. The van der Waals surface area contributed by atoms with E-state index in [4.69, 9.17) is 22.3 Å². The van der Waals surface area contributed by atoms with E-state index in [9.17, 15) is 0 Å². The molecule has 8 heavy (non-hydrogen) atoms. The number of hydrogen-bond acceptors (Lipinski definition) is 4. The summed E-state index contributed by atoms with van der Waals surface area (Å²) in [5, 5.41) is 8.90. The first-order chi connectivity index (χ1) is 3.62. The van der Waals surface area contributed by atoms with Crippen LogP contribution in [0.25, 0.3) is 0 Å². The predicted molar refractivity (Wildman–Crippen MR) is 31.9 cm³/mol. The molecular weight excluding hydrogens is 106 g/mol. The van der Waals surface area contributed by atoms with Crippen LogP contribution in [0.1, 0.15) is 6.42 Å². The van der Waals surface area contributed by atoms with E-state index in [2.05, 4.69) is 0 Å². The van der Waals surface area contributed by atoms with Crippen LogP contribution in [0.4, 0.5) is 0 Å². The molecule has 50 valence electrons. The zero-order valence-electron chi connectivity index (χ0n) is 4.80. The van der Waals surface area contributed by atoms with Gasteiger partial charge in [-0.15, -0.1) is 0 Å². The summed E-state index contributed by atoms with van der Waals surface area (Å²) in [6.45, 7) is 0.425. The third-order valence-corrected chi connectivity index (χ3v) is 0.931. The van der Waals surface area contributed by atoms with Crippen LogP contribution in [-0.4, -0.2) is 23.9 Å². The molecule has 0 rings (SSSR count). The highest BCUT2D eigenvalue weighted by Crippen LogP contribution is 1.94. The first-order valence-corrected chi connectivity index (χ1v) is 2.54. The first-order valence-electron chi connectivity index (χ1n) is 2.54. The van der Waals surface area contributed by atoms with Gasteiger partial charge in [0.1, 0.15) is 5.72 Å². The molecule has 0 heterocycles. The summed E-state index contributed by atoms with van der Waals surface area (Å²) in [6.07, 6.45) is 0.351. The third-order valence-electron chi connectivity index (χ3n) is 0.931. The summed E-state index contributed by atoms with van der Waals surface area (Å²) in [4.78, 5) is 0. The molecular formula is C4H13N3O. The molecule has 4 heteroatoms. The molecule has 1 unspecified atom stereocenters. The van der Waals surface area contributed by atoms with Gasteiger partial charge < -0.3 is 22.3 Å². The average molecular weight is 119 g/mol. The first kappa shape index (κ1) is 7.84. The van der Waals surface area contributed by atoms with Gasteiger partial charge in [0.25, 0.3) is 0 Å². The highest BCUT2D eigenvalue weighted by Gasteiger charge is 2.15. The Hall–Kier alpha value is -0.160. The summed E-state index contributed by atoms with van der Waals surface area (Å²) >= 11 is 0. The van der Waals surface area contributed by atoms with Gasteiger partial charge >= 0.3 is 0 Å². The Morgan fingerprint density at radius 2 is 1.88 bits per heavy atom. The molecule has 0 aromatic rings. The van der Waals surface area contributed by atoms with Gasteiger partial charge in [0.2, 0.25) is 0 Å². The van der Waals surface area contributed by atoms with Gasteiger partial charge in [-0.05, 0) is 6.54 Å². The second-order valence-corrected chi connectivity index (χ2v) is 1.85. The zero-order chi connectivity index (χ0) is 6.62. The molecule has 0 fully saturated rings. The van der Waals surface area contributed by atoms with Crippen molar-refractivity contribution >= 4 is 0 Å². The van der Waals surface area contributed by atoms with Gasteiger partial charge in [0.15, 0.2) is 0 Å². The van der Waals surface area contributed by atoms with Crippen LogP contribution in [0.15, 0.2) is 0 Å². The van der Waals surface area contributed by atoms with E-state index < -0.39 is 5.72 Å². The molecule has 0 saturated carbocycles. The second kappa shape index (κ2) is 2.99. The van der Waals surface area contributed by atoms with Crippen LogP contribution in [0.2, 0.25) is 0 Å². The molecule has 0 aromatic heterocycles. The number of rotatable bonds is 3. The van der Waals surface area contributed by atoms with Crippen molar-refractivity contribution in [1.82, 2.24) is 0 Å². The van der Waals surface area contributed by atoms with Crippen LogP contribution in [0.3, 0.4) is 0 Å². The maximum absolute atomic E-state index is 8.90. The molecule has 1 atom stereocenters. The predicted octanol–water partition coefficient (Wildman–Crippen LogP) is -2.06. The molecule has 0 radical (unpaired) electrons. The van der Waals surface area contributed by atoms with E-state index in [1.165, 1.54) is 0 Å². The van der Waals surface area contributed by atoms with Crippen molar-refractivity contribution in [2.24, 2.45) is 17.2 Å². The van der Waals surface area contributed by atoms with Crippen LogP contribution < -0.4 is 17.2 Å². The quantitative estimate of drug-likeness (QED) is 0.321. The van der Waals surface area contributed by atoms with Gasteiger partial charge in [-0.25, -0.2) is 0 Å². The van der Waals surface area contributed by atoms with Crippen molar-refractivity contribution in [1.29, 1.82) is 0 Å². The van der Waals surface area contributed by atoms with E-state index in [0.29, 0.717) is 13.0 Å². The Morgan fingerprint density at radius 3 is 2.00 bits per heavy atom. The van der Waals surface area contributed by atoms with E-state index in [0.717, 1.165) is 0 Å². The summed E-state index contributed by atoms with van der Waals surface area (Å²) in [5.41, 5.74) is 14.1. The van der Waals surface area contributed by atoms with E-state index in [-0.39, 0.29) is 6.54 Å². The van der Waals surface area contributed by atoms with Gasteiger partial charge in [-0.1, -0.05) is 0 Å². The monoisotopic (exact) mass is 119 g/mol. The Kier molecular flexibility index (Phi) is 2.93. The van der Waals surface area contributed by atoms with Crippen molar-refractivity contribution < 1.29 is 5.11 Å². The standard InChI is InChI=1S/C4H13N3O/c5-2-1-4(7,8)3-6/h8H,1-3,5-7H2. The van der Waals surface area contributed by atoms with Crippen molar-refractivity contribution in [3.05, 3.63) is 0 Å². The van der Waals surface area contributed by atoms with E-state index in [1.807, 2.05) is 0 Å². The Balaban J connectivity index is 3.37. The minimum absolute atomic E-state index is 0.0597. The number of aliphatic hydroxyl groups is 1. The molecule has 4 nitrogen and oxygen atoms in total. The smallest absolute Gasteiger partial charge is 0.127 e. The largest absolute Gasteiger partial charge is 0.375 e. The fraction of sp³-hybridized carbons (Fsp3) is 1.00. The third kappa shape index (κ3) is 2.92. The average Bonchev–Trinajstić information content (AvgIpc) is 1.67. The molecule has 0 aliphatic rings. The summed E-state index contributed by atoms with van der Waals surface area (Å²) in [6, 6.07) is 0. The van der Waals surface area contributed by atoms with Crippen LogP contribution in [0, 0.1) is 0 Å². The Morgan fingerprint density at radius 1 is 1.38 bits per heavy atom. The lowest BCUT2D eigenvalue weighted by Gasteiger charge is -2.18. The van der Waals surface area contributed by atoms with E-state index >= 15 is 0 Å². The highest BCUT2D eigenvalue weighted by atomic mass is 16.3. The fourth-order valence-corrected chi connectivity index (χ4v) is 0.352. The molecule has 0 saturated heterocycles. The molecule has 0 bridgehead atoms. The van der Waals surface area contributed by atoms with Crippen molar-refractivity contribution in [2.75, 3.05) is 13.1 Å². The minimum atomic E-state index is -1.26. The molecule has 0 aliphatic carbocycles. The minimum Gasteiger partial charge on any atom is -0.375 e. The topological polar surface area (TPSA) is 98.3 Å². The van der Waals surface area contributed by atoms with Crippen LogP contribution >= 0.6 is 0 Å². The molecule has 0 aromatic carbocycles.